The Morgan fingerprint density at radius 1 is 0.735 bits per heavy atom. The summed E-state index contributed by atoms with van der Waals surface area (Å²) in [5.41, 5.74) is 5.57. The van der Waals surface area contributed by atoms with Gasteiger partial charge in [-0.05, 0) is 44.8 Å². The second-order valence-electron chi connectivity index (χ2n) is 8.36. The van der Waals surface area contributed by atoms with Gasteiger partial charge in [0, 0.05) is 43.8 Å². The number of fused-ring (bicyclic) bond motifs is 3. The first-order valence-electron chi connectivity index (χ1n) is 11.0. The number of aryl methyl sites for hydroxylation is 2. The first kappa shape index (κ1) is 20.2. The van der Waals surface area contributed by atoms with Crippen molar-refractivity contribution >= 4 is 32.6 Å². The first-order valence-corrected chi connectivity index (χ1v) is 11.0. The minimum Gasteiger partial charge on any atom is -0.479 e. The molecule has 0 unspecified atom stereocenters. The van der Waals surface area contributed by atoms with Gasteiger partial charge in [-0.15, -0.1) is 0 Å². The van der Waals surface area contributed by atoms with Crippen molar-refractivity contribution < 1.29 is 4.74 Å². The second kappa shape index (κ2) is 7.56. The van der Waals surface area contributed by atoms with Crippen LogP contribution in [-0.4, -0.2) is 26.2 Å². The van der Waals surface area contributed by atoms with Gasteiger partial charge in [-0.2, -0.15) is 0 Å². The number of pyridine rings is 2. The smallest absolute Gasteiger partial charge is 0.328 e. The van der Waals surface area contributed by atoms with E-state index in [4.69, 9.17) is 4.74 Å². The Morgan fingerprint density at radius 2 is 1.26 bits per heavy atom. The van der Waals surface area contributed by atoms with E-state index in [1.165, 1.54) is 0 Å². The Bertz CT molecular complexity index is 1730. The van der Waals surface area contributed by atoms with Crippen molar-refractivity contribution in [3.05, 3.63) is 89.7 Å². The summed E-state index contributed by atoms with van der Waals surface area (Å²) in [5.74, 6) is 0.431. The zero-order valence-electron chi connectivity index (χ0n) is 19.1. The molecule has 0 bridgehead atoms. The minimum atomic E-state index is -0.121. The molecule has 0 saturated heterocycles. The molecule has 6 rings (SSSR count). The van der Waals surface area contributed by atoms with E-state index >= 15 is 0 Å². The Hall–Kier alpha value is -4.45. The van der Waals surface area contributed by atoms with Crippen LogP contribution >= 0.6 is 0 Å². The summed E-state index contributed by atoms with van der Waals surface area (Å²) in [6, 6.07) is 20.9. The van der Waals surface area contributed by atoms with Crippen molar-refractivity contribution in [2.75, 3.05) is 7.11 Å². The molecule has 6 nitrogen and oxygen atoms in total. The number of methoxy groups -OCH3 is 1. The van der Waals surface area contributed by atoms with Gasteiger partial charge in [0.2, 0.25) is 5.88 Å². The largest absolute Gasteiger partial charge is 0.479 e. The van der Waals surface area contributed by atoms with E-state index in [0.29, 0.717) is 11.4 Å². The van der Waals surface area contributed by atoms with Crippen LogP contribution < -0.4 is 10.4 Å². The lowest BCUT2D eigenvalue weighted by molar-refractivity contribution is 0.401. The molecule has 34 heavy (non-hydrogen) atoms. The molecule has 0 fully saturated rings. The SMILES string of the molecule is COc1ncc(-c2c3ccccc3c(-c3ccncc3)c3ccccc23)c2c1n(C)c(=O)n2C. The Labute approximate surface area is 195 Å². The van der Waals surface area contributed by atoms with Gasteiger partial charge in [0.05, 0.1) is 12.6 Å². The van der Waals surface area contributed by atoms with Crippen LogP contribution in [-0.2, 0) is 14.1 Å². The van der Waals surface area contributed by atoms with Crippen molar-refractivity contribution in [1.29, 1.82) is 0 Å². The number of nitrogens with zero attached hydrogens (tertiary/aromatic N) is 4. The van der Waals surface area contributed by atoms with Gasteiger partial charge >= 0.3 is 5.69 Å². The number of hydrogen-bond donors (Lipinski definition) is 0. The van der Waals surface area contributed by atoms with Crippen molar-refractivity contribution in [1.82, 2.24) is 19.1 Å². The van der Waals surface area contributed by atoms with Crippen LogP contribution in [0.5, 0.6) is 5.88 Å². The van der Waals surface area contributed by atoms with Gasteiger partial charge in [-0.1, -0.05) is 48.5 Å². The van der Waals surface area contributed by atoms with Gasteiger partial charge in [-0.25, -0.2) is 9.78 Å². The third-order valence-corrected chi connectivity index (χ3v) is 6.60. The lowest BCUT2D eigenvalue weighted by atomic mass is 9.86. The molecule has 0 spiro atoms. The Morgan fingerprint density at radius 3 is 1.82 bits per heavy atom. The molecule has 0 aliphatic heterocycles. The molecule has 0 aliphatic rings. The molecule has 0 N–H and O–H groups in total. The molecule has 3 heterocycles. The van der Waals surface area contributed by atoms with E-state index in [0.717, 1.165) is 49.3 Å². The fraction of sp³-hybridized carbons (Fsp3) is 0.107. The molecular weight excluding hydrogens is 424 g/mol. The van der Waals surface area contributed by atoms with E-state index in [2.05, 4.69) is 58.5 Å². The maximum absolute atomic E-state index is 12.9. The highest BCUT2D eigenvalue weighted by atomic mass is 16.5. The summed E-state index contributed by atoms with van der Waals surface area (Å²) in [4.78, 5) is 21.8. The summed E-state index contributed by atoms with van der Waals surface area (Å²) in [6.07, 6.45) is 5.47. The van der Waals surface area contributed by atoms with Crippen LogP contribution in [0.4, 0.5) is 0 Å². The average Bonchev–Trinajstić information content (AvgIpc) is 3.12. The summed E-state index contributed by atoms with van der Waals surface area (Å²) in [6.45, 7) is 0. The van der Waals surface area contributed by atoms with E-state index in [9.17, 15) is 4.79 Å². The second-order valence-corrected chi connectivity index (χ2v) is 8.36. The Balaban J connectivity index is 1.86. The van der Waals surface area contributed by atoms with Gasteiger partial charge in [0.25, 0.3) is 0 Å². The molecule has 166 valence electrons. The number of imidazole rings is 1. The van der Waals surface area contributed by atoms with Gasteiger partial charge in [0.1, 0.15) is 5.52 Å². The van der Waals surface area contributed by atoms with Crippen LogP contribution in [0.1, 0.15) is 0 Å². The number of hydrogen-bond acceptors (Lipinski definition) is 4. The van der Waals surface area contributed by atoms with Gasteiger partial charge in [-0.3, -0.25) is 14.1 Å². The Kier molecular flexibility index (Phi) is 4.48. The highest BCUT2D eigenvalue weighted by Gasteiger charge is 2.23. The maximum atomic E-state index is 12.9. The van der Waals surface area contributed by atoms with Crippen LogP contribution in [0, 0.1) is 0 Å². The number of ether oxygens (including phenoxy) is 1. The van der Waals surface area contributed by atoms with Crippen LogP contribution in [0.2, 0.25) is 0 Å². The molecule has 6 aromatic rings. The normalized spacial score (nSPS) is 11.5. The topological polar surface area (TPSA) is 61.9 Å². The first-order chi connectivity index (χ1) is 16.6. The third-order valence-electron chi connectivity index (χ3n) is 6.60. The van der Waals surface area contributed by atoms with E-state index in [1.54, 1.807) is 30.3 Å². The zero-order chi connectivity index (χ0) is 23.4. The van der Waals surface area contributed by atoms with Crippen molar-refractivity contribution in [2.24, 2.45) is 14.1 Å². The predicted molar refractivity (Wildman–Crippen MR) is 136 cm³/mol. The van der Waals surface area contributed by atoms with Crippen molar-refractivity contribution in [3.8, 4) is 28.1 Å². The van der Waals surface area contributed by atoms with E-state index in [-0.39, 0.29) is 5.69 Å². The lowest BCUT2D eigenvalue weighted by Gasteiger charge is -2.18. The average molecular weight is 447 g/mol. The molecule has 0 saturated carbocycles. The van der Waals surface area contributed by atoms with E-state index < -0.39 is 0 Å². The van der Waals surface area contributed by atoms with Gasteiger partial charge in [0.15, 0.2) is 0 Å². The summed E-state index contributed by atoms with van der Waals surface area (Å²) >= 11 is 0. The van der Waals surface area contributed by atoms with Crippen LogP contribution in [0.3, 0.4) is 0 Å². The highest BCUT2D eigenvalue weighted by Crippen LogP contribution is 2.45. The number of benzene rings is 3. The molecule has 0 amide bonds. The molecule has 6 heteroatoms. The summed E-state index contributed by atoms with van der Waals surface area (Å²) in [5, 5.41) is 4.45. The molecule has 0 atom stereocenters. The van der Waals surface area contributed by atoms with E-state index in [1.807, 2.05) is 30.7 Å². The minimum absolute atomic E-state index is 0.121. The summed E-state index contributed by atoms with van der Waals surface area (Å²) in [7, 11) is 5.12. The van der Waals surface area contributed by atoms with Crippen LogP contribution in [0.25, 0.3) is 54.8 Å². The third kappa shape index (κ3) is 2.72. The number of rotatable bonds is 3. The highest BCUT2D eigenvalue weighted by molar-refractivity contribution is 6.23. The summed E-state index contributed by atoms with van der Waals surface area (Å²) < 4.78 is 8.80. The molecule has 0 aliphatic carbocycles. The van der Waals surface area contributed by atoms with Crippen LogP contribution in [0.15, 0.2) is 84.0 Å². The van der Waals surface area contributed by atoms with Crippen molar-refractivity contribution in [3.63, 3.8) is 0 Å². The molecular formula is C28H22N4O2. The predicted octanol–water partition coefficient (Wildman–Crippen LogP) is 5.32. The quantitative estimate of drug-likeness (QED) is 0.346. The maximum Gasteiger partial charge on any atom is 0.328 e. The lowest BCUT2D eigenvalue weighted by Crippen LogP contribution is -2.19. The molecule has 3 aromatic heterocycles. The fourth-order valence-electron chi connectivity index (χ4n) is 5.11. The monoisotopic (exact) mass is 446 g/mol. The fourth-order valence-corrected chi connectivity index (χ4v) is 5.11. The molecule has 0 radical (unpaired) electrons. The van der Waals surface area contributed by atoms with Crippen molar-refractivity contribution in [2.45, 2.75) is 0 Å². The molecule has 3 aromatic carbocycles. The standard InChI is InChI=1S/C28H22N4O2/c1-31-25-22(16-30-27(34-3)26(25)32(2)28(31)33)24-20-10-6-4-8-18(20)23(17-12-14-29-15-13-17)19-9-5-7-11-21(19)24/h4-16H,1-3H3. The zero-order valence-corrected chi connectivity index (χ0v) is 19.1. The number of aromatic nitrogens is 4. The van der Waals surface area contributed by atoms with Gasteiger partial charge < -0.3 is 4.74 Å².